The van der Waals surface area contributed by atoms with E-state index in [9.17, 15) is 9.90 Å². The zero-order valence-corrected chi connectivity index (χ0v) is 18.9. The second-order valence-electron chi connectivity index (χ2n) is 6.61. The number of carboxylic acid groups (broad SMARTS) is 1. The largest absolute Gasteiger partial charge is 0.478 e. The predicted octanol–water partition coefficient (Wildman–Crippen LogP) is 6.64. The monoisotopic (exact) mass is 507 g/mol. The first kappa shape index (κ1) is 21.0. The maximum atomic E-state index is 15.1. The molecule has 1 N–H and O–H groups in total. The van der Waals surface area contributed by atoms with Gasteiger partial charge in [-0.3, -0.25) is 9.25 Å². The molecule has 0 unspecified atom stereocenters. The predicted molar refractivity (Wildman–Crippen MR) is 120 cm³/mol. The van der Waals surface area contributed by atoms with Crippen molar-refractivity contribution < 1.29 is 14.3 Å². The van der Waals surface area contributed by atoms with E-state index >= 15 is 4.39 Å². The van der Waals surface area contributed by atoms with Crippen LogP contribution in [0.3, 0.4) is 0 Å². The van der Waals surface area contributed by atoms with Crippen LogP contribution in [0.15, 0.2) is 63.2 Å². The smallest absolute Gasteiger partial charge is 0.335 e. The Balaban J connectivity index is 1.90. The molecular formula is C21H16BrClFN3O2S. The summed E-state index contributed by atoms with van der Waals surface area (Å²) in [5, 5.41) is 14.3. The highest BCUT2D eigenvalue weighted by Crippen LogP contribution is 2.44. The maximum Gasteiger partial charge on any atom is 0.335 e. The molecular weight excluding hydrogens is 493 g/mol. The van der Waals surface area contributed by atoms with Crippen molar-refractivity contribution in [2.75, 3.05) is 0 Å². The normalized spacial score (nSPS) is 11.3. The van der Waals surface area contributed by atoms with Crippen LogP contribution in [0.5, 0.6) is 0 Å². The molecule has 0 spiro atoms. The van der Waals surface area contributed by atoms with Gasteiger partial charge in [0.25, 0.3) is 0 Å². The van der Waals surface area contributed by atoms with E-state index < -0.39 is 11.8 Å². The van der Waals surface area contributed by atoms with Gasteiger partial charge in [-0.05, 0) is 52.7 Å². The number of hydrogen-bond acceptors (Lipinski definition) is 3. The number of hydrogen-bond donors (Lipinski definition) is 1. The average Bonchev–Trinajstić information content (AvgIpc) is 3.28. The van der Waals surface area contributed by atoms with E-state index in [0.717, 1.165) is 22.8 Å². The number of aryl methyl sites for hydroxylation is 1. The Bertz CT molecular complexity index is 1270. The van der Waals surface area contributed by atoms with Gasteiger partial charge in [-0.15, -0.1) is 0 Å². The van der Waals surface area contributed by atoms with E-state index in [0.29, 0.717) is 21.2 Å². The zero-order valence-electron chi connectivity index (χ0n) is 15.8. The van der Waals surface area contributed by atoms with Gasteiger partial charge in [0.15, 0.2) is 5.82 Å². The van der Waals surface area contributed by atoms with Gasteiger partial charge in [-0.1, -0.05) is 36.4 Å². The van der Waals surface area contributed by atoms with Gasteiger partial charge in [-0.2, -0.15) is 5.10 Å². The molecule has 0 bridgehead atoms. The number of aromatic nitrogens is 3. The van der Waals surface area contributed by atoms with Crippen LogP contribution in [0.1, 0.15) is 23.7 Å². The minimum atomic E-state index is -1.000. The molecule has 9 heteroatoms. The van der Waals surface area contributed by atoms with Crippen LogP contribution in [-0.4, -0.2) is 25.4 Å². The fourth-order valence-corrected chi connectivity index (χ4v) is 5.23. The summed E-state index contributed by atoms with van der Waals surface area (Å²) in [5.41, 5.74) is 1.23. The molecule has 4 rings (SSSR count). The van der Waals surface area contributed by atoms with Gasteiger partial charge in [0.1, 0.15) is 4.60 Å². The molecule has 4 aromatic rings. The molecule has 2 aromatic heterocycles. The lowest BCUT2D eigenvalue weighted by Gasteiger charge is -2.06. The first-order valence-corrected chi connectivity index (χ1v) is 11.1. The number of fused-ring (bicyclic) bond motifs is 1. The van der Waals surface area contributed by atoms with E-state index in [1.54, 1.807) is 33.6 Å². The summed E-state index contributed by atoms with van der Waals surface area (Å²) in [6.45, 7) is 2.81. The molecule has 0 saturated carbocycles. The second kappa shape index (κ2) is 8.45. The van der Waals surface area contributed by atoms with Gasteiger partial charge >= 0.3 is 5.97 Å². The number of benzene rings is 2. The van der Waals surface area contributed by atoms with Crippen LogP contribution in [0.25, 0.3) is 16.6 Å². The molecule has 0 amide bonds. The Hall–Kier alpha value is -2.29. The van der Waals surface area contributed by atoms with Crippen molar-refractivity contribution in [2.45, 2.75) is 29.7 Å². The fourth-order valence-electron chi connectivity index (χ4n) is 3.22. The van der Waals surface area contributed by atoms with Gasteiger partial charge in [0.05, 0.1) is 32.9 Å². The van der Waals surface area contributed by atoms with Crippen LogP contribution in [-0.2, 0) is 6.54 Å². The van der Waals surface area contributed by atoms with E-state index in [-0.39, 0.29) is 10.6 Å². The third-order valence-electron chi connectivity index (χ3n) is 4.55. The molecule has 0 fully saturated rings. The molecule has 154 valence electrons. The Morgan fingerprint density at radius 1 is 1.33 bits per heavy atom. The standard InChI is InChI=1S/C21H16BrClFN3O2S/c1-2-8-26-11-13(10-25-26)27-18-15(6-7-16(23)17(18)24)19(20(27)22)30-14-5-3-4-12(9-14)21(28)29/h3-7,9-11H,2,8H2,1H3,(H,28,29). The third-order valence-corrected chi connectivity index (χ3v) is 6.96. The van der Waals surface area contributed by atoms with Crippen molar-refractivity contribution in [3.63, 3.8) is 0 Å². The molecule has 0 aliphatic carbocycles. The number of aromatic carboxylic acids is 1. The quantitative estimate of drug-likeness (QED) is 0.317. The van der Waals surface area contributed by atoms with Gasteiger partial charge in [0.2, 0.25) is 0 Å². The maximum absolute atomic E-state index is 15.1. The Morgan fingerprint density at radius 2 is 2.13 bits per heavy atom. The Labute approximate surface area is 189 Å². The van der Waals surface area contributed by atoms with Gasteiger partial charge < -0.3 is 5.11 Å². The third kappa shape index (κ3) is 3.75. The summed E-state index contributed by atoms with van der Waals surface area (Å²) < 4.78 is 19.3. The number of halogens is 3. The van der Waals surface area contributed by atoms with Gasteiger partial charge in [0, 0.05) is 23.0 Å². The molecule has 0 radical (unpaired) electrons. The highest BCUT2D eigenvalue weighted by atomic mass is 79.9. The van der Waals surface area contributed by atoms with Crippen LogP contribution >= 0.6 is 39.3 Å². The Kier molecular flexibility index (Phi) is 5.90. The van der Waals surface area contributed by atoms with E-state index in [1.807, 2.05) is 12.3 Å². The lowest BCUT2D eigenvalue weighted by atomic mass is 10.2. The summed E-state index contributed by atoms with van der Waals surface area (Å²) in [6.07, 6.45) is 4.46. The summed E-state index contributed by atoms with van der Waals surface area (Å²) in [4.78, 5) is 12.8. The first-order chi connectivity index (χ1) is 14.4. The number of rotatable bonds is 6. The molecule has 0 aliphatic rings. The molecule has 2 heterocycles. The van der Waals surface area contributed by atoms with Crippen LogP contribution in [0, 0.1) is 5.82 Å². The van der Waals surface area contributed by atoms with E-state index in [1.165, 1.54) is 23.9 Å². The van der Waals surface area contributed by atoms with Crippen molar-refractivity contribution in [3.05, 3.63) is 69.8 Å². The topological polar surface area (TPSA) is 60.0 Å². The molecule has 0 atom stereocenters. The summed E-state index contributed by atoms with van der Waals surface area (Å²) in [6, 6.07) is 9.92. The number of carbonyl (C=O) groups is 1. The summed E-state index contributed by atoms with van der Waals surface area (Å²) in [5.74, 6) is -1.52. The van der Waals surface area contributed by atoms with Crippen molar-refractivity contribution in [1.82, 2.24) is 14.3 Å². The summed E-state index contributed by atoms with van der Waals surface area (Å²) >= 11 is 11.1. The van der Waals surface area contributed by atoms with Crippen molar-refractivity contribution in [2.24, 2.45) is 0 Å². The van der Waals surface area contributed by atoms with E-state index in [2.05, 4.69) is 28.0 Å². The number of nitrogens with zero attached hydrogens (tertiary/aromatic N) is 3. The average molecular weight is 509 g/mol. The highest BCUT2D eigenvalue weighted by Gasteiger charge is 2.23. The minimum Gasteiger partial charge on any atom is -0.478 e. The highest BCUT2D eigenvalue weighted by molar-refractivity contribution is 9.10. The molecule has 30 heavy (non-hydrogen) atoms. The molecule has 5 nitrogen and oxygen atoms in total. The lowest BCUT2D eigenvalue weighted by molar-refractivity contribution is 0.0696. The first-order valence-electron chi connectivity index (χ1n) is 9.12. The lowest BCUT2D eigenvalue weighted by Crippen LogP contribution is -1.97. The van der Waals surface area contributed by atoms with Gasteiger partial charge in [-0.25, -0.2) is 9.18 Å². The summed E-state index contributed by atoms with van der Waals surface area (Å²) in [7, 11) is 0. The SMILES string of the molecule is CCCn1cc(-n2c(Br)c(Sc3cccc(C(=O)O)c3)c3ccc(Cl)c(F)c32)cn1. The zero-order chi connectivity index (χ0) is 21.4. The van der Waals surface area contributed by atoms with Crippen molar-refractivity contribution in [1.29, 1.82) is 0 Å². The molecule has 0 aliphatic heterocycles. The second-order valence-corrected chi connectivity index (χ2v) is 8.85. The minimum absolute atomic E-state index is 0.0270. The van der Waals surface area contributed by atoms with Crippen LogP contribution in [0.2, 0.25) is 5.02 Å². The van der Waals surface area contributed by atoms with Crippen molar-refractivity contribution in [3.8, 4) is 5.69 Å². The van der Waals surface area contributed by atoms with Crippen LogP contribution in [0.4, 0.5) is 4.39 Å². The van der Waals surface area contributed by atoms with E-state index in [4.69, 9.17) is 11.6 Å². The molecule has 0 saturated heterocycles. The number of carboxylic acids is 1. The Morgan fingerprint density at radius 3 is 2.87 bits per heavy atom. The van der Waals surface area contributed by atoms with Crippen molar-refractivity contribution >= 4 is 56.2 Å². The van der Waals surface area contributed by atoms with Crippen LogP contribution < -0.4 is 0 Å². The fraction of sp³-hybridized carbons (Fsp3) is 0.143. The molecule has 2 aromatic carbocycles.